The summed E-state index contributed by atoms with van der Waals surface area (Å²) >= 11 is 0. The first-order chi connectivity index (χ1) is 9.04. The van der Waals surface area contributed by atoms with E-state index in [4.69, 9.17) is 17.4 Å². The molecule has 1 amide bonds. The lowest BCUT2D eigenvalue weighted by Gasteiger charge is -2.39. The number of hydrogen-bond acceptors (Lipinski definition) is 5. The molecule has 7 heteroatoms. The minimum absolute atomic E-state index is 0.0167. The molecule has 0 unspecified atom stereocenters. The van der Waals surface area contributed by atoms with Gasteiger partial charge in [-0.3, -0.25) is 4.79 Å². The number of piperidine rings is 1. The van der Waals surface area contributed by atoms with E-state index in [2.05, 4.69) is 17.5 Å². The molecule has 110 valence electrons. The lowest BCUT2D eigenvalue weighted by atomic mass is 9.76. The van der Waals surface area contributed by atoms with Crippen LogP contribution >= 0.6 is 0 Å². The van der Waals surface area contributed by atoms with Crippen molar-refractivity contribution in [1.29, 1.82) is 0 Å². The summed E-state index contributed by atoms with van der Waals surface area (Å²) in [6.07, 6.45) is 4.34. The zero-order valence-electron chi connectivity index (χ0n) is 11.7. The highest BCUT2D eigenvalue weighted by Gasteiger charge is 2.31. The third-order valence-corrected chi connectivity index (χ3v) is 3.95. The van der Waals surface area contributed by atoms with E-state index < -0.39 is 0 Å². The first-order valence-corrected chi connectivity index (χ1v) is 6.76. The number of carbonyl (C=O) groups is 1. The number of likely N-dealkylation sites (tertiary alicyclic amines) is 1. The Morgan fingerprint density at radius 1 is 1.42 bits per heavy atom. The normalized spacial score (nSPS) is 19.3. The van der Waals surface area contributed by atoms with E-state index in [-0.39, 0.29) is 12.3 Å². The molecule has 7 nitrogen and oxygen atoms in total. The Balaban J connectivity index is 2.43. The Labute approximate surface area is 114 Å². The summed E-state index contributed by atoms with van der Waals surface area (Å²) in [7, 11) is 0. The maximum Gasteiger partial charge on any atom is 0.230 e. The van der Waals surface area contributed by atoms with Crippen LogP contribution in [0.1, 0.15) is 39.0 Å². The third kappa shape index (κ3) is 4.68. The van der Waals surface area contributed by atoms with Gasteiger partial charge in [-0.1, -0.05) is 6.92 Å². The van der Waals surface area contributed by atoms with Crippen molar-refractivity contribution in [2.45, 2.75) is 39.0 Å². The zero-order valence-corrected chi connectivity index (χ0v) is 11.7. The Morgan fingerprint density at radius 3 is 2.53 bits per heavy atom. The molecule has 0 aromatic rings. The Morgan fingerprint density at radius 2 is 2.05 bits per heavy atom. The van der Waals surface area contributed by atoms with Gasteiger partial charge in [-0.2, -0.15) is 5.10 Å². The number of carbonyl (C=O) groups excluding carboxylic acids is 1. The van der Waals surface area contributed by atoms with E-state index >= 15 is 0 Å². The molecule has 0 saturated carbocycles. The van der Waals surface area contributed by atoms with Gasteiger partial charge >= 0.3 is 0 Å². The molecule has 0 aromatic carbocycles. The van der Waals surface area contributed by atoms with Crippen molar-refractivity contribution < 1.29 is 4.79 Å². The van der Waals surface area contributed by atoms with E-state index in [9.17, 15) is 4.79 Å². The molecule has 0 radical (unpaired) electrons. The molecule has 0 aromatic heterocycles. The average molecular weight is 270 g/mol. The van der Waals surface area contributed by atoms with Gasteiger partial charge < -0.3 is 21.9 Å². The van der Waals surface area contributed by atoms with Crippen LogP contribution in [0, 0.1) is 5.41 Å². The number of hydrazine groups is 1. The van der Waals surface area contributed by atoms with Crippen molar-refractivity contribution in [2.75, 3.05) is 19.6 Å². The van der Waals surface area contributed by atoms with Gasteiger partial charge in [0.05, 0.1) is 6.42 Å². The summed E-state index contributed by atoms with van der Waals surface area (Å²) in [6.45, 7) is 4.57. The van der Waals surface area contributed by atoms with Gasteiger partial charge in [-0.25, -0.2) is 5.84 Å². The van der Waals surface area contributed by atoms with E-state index in [0.717, 1.165) is 45.3 Å². The van der Waals surface area contributed by atoms with E-state index in [1.807, 2.05) is 4.90 Å². The molecule has 1 rings (SSSR count). The highest BCUT2D eigenvalue weighted by molar-refractivity contribution is 5.99. The predicted molar refractivity (Wildman–Crippen MR) is 75.8 cm³/mol. The lowest BCUT2D eigenvalue weighted by molar-refractivity contribution is -0.132. The molecular weight excluding hydrogens is 244 g/mol. The number of rotatable bonds is 5. The number of hydrazone groups is 1. The van der Waals surface area contributed by atoms with Crippen molar-refractivity contribution >= 4 is 11.7 Å². The van der Waals surface area contributed by atoms with Crippen LogP contribution in [0.15, 0.2) is 5.10 Å². The minimum Gasteiger partial charge on any atom is -0.342 e. The second-order valence-corrected chi connectivity index (χ2v) is 5.48. The highest BCUT2D eigenvalue weighted by Crippen LogP contribution is 2.35. The van der Waals surface area contributed by atoms with Gasteiger partial charge in [-0.05, 0) is 37.6 Å². The average Bonchev–Trinajstić information content (AvgIpc) is 2.43. The minimum atomic E-state index is 0.0167. The summed E-state index contributed by atoms with van der Waals surface area (Å²) < 4.78 is 0. The number of nitrogens with one attached hydrogen (secondary N) is 1. The number of amidine groups is 1. The van der Waals surface area contributed by atoms with Gasteiger partial charge in [0.1, 0.15) is 5.84 Å². The van der Waals surface area contributed by atoms with Crippen LogP contribution in [0.5, 0.6) is 0 Å². The fourth-order valence-corrected chi connectivity index (χ4v) is 2.46. The number of amides is 1. The summed E-state index contributed by atoms with van der Waals surface area (Å²) in [5.41, 5.74) is 8.20. The molecule has 0 atom stereocenters. The number of nitrogens with two attached hydrogens (primary N) is 3. The fourth-order valence-electron chi connectivity index (χ4n) is 2.46. The largest absolute Gasteiger partial charge is 0.342 e. The van der Waals surface area contributed by atoms with Crippen molar-refractivity contribution in [1.82, 2.24) is 10.3 Å². The summed E-state index contributed by atoms with van der Waals surface area (Å²) in [4.78, 5) is 13.9. The molecule has 1 heterocycles. The van der Waals surface area contributed by atoms with Crippen molar-refractivity contribution in [3.05, 3.63) is 0 Å². The van der Waals surface area contributed by atoms with Crippen molar-refractivity contribution in [3.63, 3.8) is 0 Å². The van der Waals surface area contributed by atoms with Gasteiger partial charge in [-0.15, -0.1) is 0 Å². The Kier molecular flexibility index (Phi) is 6.04. The molecule has 0 bridgehead atoms. The maximum absolute atomic E-state index is 12.0. The van der Waals surface area contributed by atoms with Gasteiger partial charge in [0, 0.05) is 13.1 Å². The predicted octanol–water partition coefficient (Wildman–Crippen LogP) is -0.520. The summed E-state index contributed by atoms with van der Waals surface area (Å²) in [6, 6.07) is 0. The van der Waals surface area contributed by atoms with Crippen LogP contribution in [0.25, 0.3) is 0 Å². The topological polar surface area (TPSA) is 123 Å². The van der Waals surface area contributed by atoms with Gasteiger partial charge in [0.25, 0.3) is 0 Å². The molecule has 0 aliphatic carbocycles. The SMILES string of the molecule is CC1(CCCN)CCN(C(=O)C/C(=N/N)NN)CC1. The quantitative estimate of drug-likeness (QED) is 0.232. The molecular formula is C12H26N6O. The second-order valence-electron chi connectivity index (χ2n) is 5.48. The van der Waals surface area contributed by atoms with Crippen LogP contribution in [-0.4, -0.2) is 36.3 Å². The van der Waals surface area contributed by atoms with Crippen molar-refractivity contribution in [2.24, 2.45) is 27.9 Å². The van der Waals surface area contributed by atoms with Crippen LogP contribution in [0.2, 0.25) is 0 Å². The summed E-state index contributed by atoms with van der Waals surface area (Å²) in [5, 5.41) is 3.43. The molecule has 7 N–H and O–H groups in total. The Bertz CT molecular complexity index is 322. The van der Waals surface area contributed by atoms with E-state index in [1.54, 1.807) is 0 Å². The number of nitrogens with zero attached hydrogens (tertiary/aromatic N) is 2. The maximum atomic E-state index is 12.0. The molecule has 1 saturated heterocycles. The summed E-state index contributed by atoms with van der Waals surface area (Å²) in [5.74, 6) is 10.7. The zero-order chi connectivity index (χ0) is 14.3. The third-order valence-electron chi connectivity index (χ3n) is 3.95. The second kappa shape index (κ2) is 7.30. The molecule has 19 heavy (non-hydrogen) atoms. The van der Waals surface area contributed by atoms with Crippen LogP contribution < -0.4 is 22.8 Å². The molecule has 1 aliphatic heterocycles. The van der Waals surface area contributed by atoms with Crippen LogP contribution in [0.3, 0.4) is 0 Å². The Hall–Kier alpha value is -1.34. The monoisotopic (exact) mass is 270 g/mol. The van der Waals surface area contributed by atoms with Gasteiger partial charge in [0.2, 0.25) is 5.91 Å². The van der Waals surface area contributed by atoms with E-state index in [0.29, 0.717) is 11.3 Å². The highest BCUT2D eigenvalue weighted by atomic mass is 16.2. The fraction of sp³-hybridized carbons (Fsp3) is 0.833. The first-order valence-electron chi connectivity index (χ1n) is 6.76. The molecule has 1 aliphatic rings. The molecule has 1 fully saturated rings. The smallest absolute Gasteiger partial charge is 0.230 e. The number of hydrogen-bond donors (Lipinski definition) is 4. The standard InChI is InChI=1S/C12H26N6O/c1-12(3-2-6-13)4-7-18(8-5-12)11(19)9-10(16-14)17-15/h2-9,13-15H2,1H3,(H,16,17). The van der Waals surface area contributed by atoms with Crippen LogP contribution in [-0.2, 0) is 4.79 Å². The lowest BCUT2D eigenvalue weighted by Crippen LogP contribution is -2.44. The van der Waals surface area contributed by atoms with E-state index in [1.165, 1.54) is 0 Å². The first kappa shape index (κ1) is 15.7. The van der Waals surface area contributed by atoms with Crippen molar-refractivity contribution in [3.8, 4) is 0 Å². The van der Waals surface area contributed by atoms with Crippen LogP contribution in [0.4, 0.5) is 0 Å². The molecule has 0 spiro atoms. The van der Waals surface area contributed by atoms with Gasteiger partial charge in [0.15, 0.2) is 0 Å².